The Morgan fingerprint density at radius 1 is 0.504 bits per heavy atom. The Balaban J connectivity index is 0.000000155. The van der Waals surface area contributed by atoms with Crippen LogP contribution in [0.4, 0.5) is 22.6 Å². The topological polar surface area (TPSA) is 357 Å². The second-order valence-corrected chi connectivity index (χ2v) is 36.4. The van der Waals surface area contributed by atoms with Crippen molar-refractivity contribution in [1.29, 1.82) is 0 Å². The summed E-state index contributed by atoms with van der Waals surface area (Å²) in [4.78, 5) is 59.1. The number of nitrogens with one attached hydrogen (secondary N) is 3. The van der Waals surface area contributed by atoms with Gasteiger partial charge in [0.2, 0.25) is 29.7 Å². The fourth-order valence-electron chi connectivity index (χ4n) is 17.6. The first-order valence-corrected chi connectivity index (χ1v) is 42.6. The molecule has 9 aromatic heterocycles. The van der Waals surface area contributed by atoms with Gasteiger partial charge >= 0.3 is 6.09 Å². The summed E-state index contributed by atoms with van der Waals surface area (Å²) in [5, 5.41) is 68.9. The van der Waals surface area contributed by atoms with Crippen molar-refractivity contribution >= 4 is 52.3 Å². The zero-order valence-corrected chi connectivity index (χ0v) is 72.7. The molecular formula is C86H127N21O12. The fourth-order valence-corrected chi connectivity index (χ4v) is 17.6. The molecule has 0 aromatic carbocycles. The Hall–Kier alpha value is -9.22. The molecule has 6 aliphatic rings. The van der Waals surface area contributed by atoms with E-state index in [1.54, 1.807) is 35.6 Å². The second kappa shape index (κ2) is 37.0. The molecular weight excluding hydrogens is 1520 g/mol. The molecule has 12 heterocycles. The summed E-state index contributed by atoms with van der Waals surface area (Å²) < 4.78 is 44.4. The number of ether oxygens (including phenoxy) is 6. The first kappa shape index (κ1) is 87.6. The summed E-state index contributed by atoms with van der Waals surface area (Å²) in [7, 11) is 5.02. The molecule has 3 saturated heterocycles. The van der Waals surface area contributed by atoms with Gasteiger partial charge in [0, 0.05) is 166 Å². The van der Waals surface area contributed by atoms with Gasteiger partial charge in [-0.05, 0) is 199 Å². The lowest BCUT2D eigenvalue weighted by atomic mass is 9.85. The van der Waals surface area contributed by atoms with Crippen LogP contribution in [0, 0.1) is 0 Å². The molecule has 15 rings (SSSR count). The van der Waals surface area contributed by atoms with E-state index in [9.17, 15) is 29.7 Å². The van der Waals surface area contributed by atoms with Crippen LogP contribution in [0.1, 0.15) is 221 Å². The van der Waals surface area contributed by atoms with Crippen LogP contribution in [0.15, 0.2) is 74.0 Å². The average molecular weight is 1650 g/mol. The van der Waals surface area contributed by atoms with Gasteiger partial charge in [0.05, 0.1) is 122 Å². The highest BCUT2D eigenvalue weighted by Gasteiger charge is 2.42. The van der Waals surface area contributed by atoms with Gasteiger partial charge < -0.3 is 74.4 Å². The number of aliphatic hydroxyl groups is 3. The smallest absolute Gasteiger partial charge is 0.410 e. The number of carbonyl (C=O) groups is 3. The minimum atomic E-state index is -0.866. The van der Waals surface area contributed by atoms with Gasteiger partial charge in [-0.3, -0.25) is 23.6 Å². The van der Waals surface area contributed by atoms with Crippen molar-refractivity contribution in [3.05, 3.63) is 91.1 Å². The number of amides is 3. The summed E-state index contributed by atoms with van der Waals surface area (Å²) in [5.74, 6) is 2.53. The number of morpholine rings is 2. The third-order valence-electron chi connectivity index (χ3n) is 23.9. The number of likely N-dealkylation sites (tertiary alicyclic amines) is 1. The van der Waals surface area contributed by atoms with Crippen LogP contribution in [0.25, 0.3) is 49.9 Å². The van der Waals surface area contributed by atoms with Crippen molar-refractivity contribution in [2.75, 3.05) is 103 Å². The Kier molecular flexibility index (Phi) is 27.2. The summed E-state index contributed by atoms with van der Waals surface area (Å²) >= 11 is 0. The zero-order valence-electron chi connectivity index (χ0n) is 72.7. The molecule has 33 nitrogen and oxygen atoms in total. The van der Waals surface area contributed by atoms with Gasteiger partial charge in [0.25, 0.3) is 0 Å². The summed E-state index contributed by atoms with van der Waals surface area (Å²) in [6.45, 7) is 33.0. The summed E-state index contributed by atoms with van der Waals surface area (Å²) in [6, 6.07) is 6.83. The van der Waals surface area contributed by atoms with E-state index in [2.05, 4.69) is 70.6 Å². The van der Waals surface area contributed by atoms with Crippen LogP contribution in [0.3, 0.4) is 0 Å². The molecule has 0 spiro atoms. The number of anilines is 3. The van der Waals surface area contributed by atoms with Crippen molar-refractivity contribution in [1.82, 2.24) is 87.8 Å². The molecule has 648 valence electrons. The number of aliphatic hydroxyl groups excluding tert-OH is 3. The Morgan fingerprint density at radius 3 is 1.26 bits per heavy atom. The Morgan fingerprint density at radius 2 is 0.882 bits per heavy atom. The molecule has 0 bridgehead atoms. The van der Waals surface area contributed by atoms with Crippen molar-refractivity contribution in [2.45, 2.75) is 275 Å². The lowest BCUT2D eigenvalue weighted by molar-refractivity contribution is -0.154. The van der Waals surface area contributed by atoms with E-state index in [1.807, 2.05) is 175 Å². The first-order valence-electron chi connectivity index (χ1n) is 42.6. The molecule has 0 unspecified atom stereocenters. The maximum atomic E-state index is 13.6. The van der Waals surface area contributed by atoms with Crippen LogP contribution < -0.4 is 16.0 Å². The molecule has 3 aliphatic carbocycles. The molecule has 9 aromatic rings. The maximum absolute atomic E-state index is 13.6. The minimum Gasteiger partial charge on any atom is -0.444 e. The van der Waals surface area contributed by atoms with E-state index in [0.717, 1.165) is 150 Å². The van der Waals surface area contributed by atoms with E-state index in [1.165, 1.54) is 0 Å². The lowest BCUT2D eigenvalue weighted by Crippen LogP contribution is -2.56. The van der Waals surface area contributed by atoms with Crippen molar-refractivity contribution in [2.24, 2.45) is 0 Å². The largest absolute Gasteiger partial charge is 0.444 e. The number of methoxy groups -OCH3 is 3. The monoisotopic (exact) mass is 1650 g/mol. The van der Waals surface area contributed by atoms with E-state index in [-0.39, 0.29) is 90.0 Å². The van der Waals surface area contributed by atoms with Gasteiger partial charge in [-0.1, -0.05) is 0 Å². The average Bonchev–Trinajstić information content (AvgIpc) is 1.63. The summed E-state index contributed by atoms with van der Waals surface area (Å²) in [5.41, 5.74) is 9.15. The van der Waals surface area contributed by atoms with Crippen LogP contribution in [-0.4, -0.2) is 268 Å². The molecule has 3 amide bonds. The number of fused-ring (bicyclic) bond motifs is 3. The van der Waals surface area contributed by atoms with Gasteiger partial charge in [0.15, 0.2) is 0 Å². The predicted molar refractivity (Wildman–Crippen MR) is 452 cm³/mol. The van der Waals surface area contributed by atoms with Crippen LogP contribution >= 0.6 is 0 Å². The molecule has 3 aliphatic heterocycles. The van der Waals surface area contributed by atoms with E-state index in [0.29, 0.717) is 89.5 Å². The van der Waals surface area contributed by atoms with Crippen LogP contribution in [0.2, 0.25) is 0 Å². The molecule has 33 heteroatoms. The number of rotatable bonds is 23. The number of nitrogens with zero attached hydrogens (tertiary/aromatic N) is 18. The zero-order chi connectivity index (χ0) is 85.0. The Labute approximate surface area is 697 Å². The van der Waals surface area contributed by atoms with Crippen LogP contribution in [0.5, 0.6) is 0 Å². The fraction of sp³-hybridized carbons (Fsp3) is 0.651. The molecule has 119 heavy (non-hydrogen) atoms. The first-order chi connectivity index (χ1) is 56.6. The molecule has 3 saturated carbocycles. The quantitative estimate of drug-likeness (QED) is 0.0346. The van der Waals surface area contributed by atoms with E-state index >= 15 is 0 Å². The van der Waals surface area contributed by atoms with Gasteiger partial charge in [-0.15, -0.1) is 15.3 Å². The van der Waals surface area contributed by atoms with E-state index < -0.39 is 16.7 Å². The number of aromatic nitrogens is 15. The van der Waals surface area contributed by atoms with Crippen molar-refractivity contribution in [3.63, 3.8) is 0 Å². The molecule has 6 N–H and O–H groups in total. The molecule has 0 radical (unpaired) electrons. The molecule has 6 fully saturated rings. The highest BCUT2D eigenvalue weighted by molar-refractivity contribution is 5.87. The molecule has 6 atom stereocenters. The van der Waals surface area contributed by atoms with Crippen molar-refractivity contribution in [3.8, 4) is 33.4 Å². The van der Waals surface area contributed by atoms with Gasteiger partial charge in [0.1, 0.15) is 16.7 Å². The SMILES string of the molecule is COC[C@H](C)Nc1ncc2c(-c3cnn(C(C)(C)C(=O)N4CCOC(C)(C)C4)c3)cc(C3CCC(O)CC3)n2n1.COC[C@H](C)Nc1ncc2c(-c3cnn(C(C)(C)C(=O)N4C[C@@H](C)O[C@H](C)C4)c3)cc(C3CCC(O)CC3)n2n1.COC[C@H](C)Nc1ncc2c(-c3cnn([C@H]4CCN(C(=O)OC(C)(C)C)C4)c3)cc(C3CCC(O)CC3)n2n1. The normalized spacial score (nSPS) is 23.4. The Bertz CT molecular complexity index is 4730. The number of carbonyl (C=O) groups excluding carboxylic acids is 3. The third kappa shape index (κ3) is 20.5. The predicted octanol–water partition coefficient (Wildman–Crippen LogP) is 11.1. The standard InChI is InChI=1S/2C29H43N7O4.C28H41N7O4/c1-18(17-39-6)32-28-30-13-26-24(11-25(36(26)33-28)21-7-9-23(37)10-8-21)22-12-31-35(16-22)29(4,5)27(38)34-14-19(2)40-20(3)15-34;1-19(17-39-6)32-27-30-15-25-23(13-24(36(25)33-27)20-7-9-22(37)10-8-20)21-14-31-35(16-21)29(4,5)26(38)34-11-12-40-28(2,3)18-34;1-18(17-38-5)31-26-29-14-25-23(12-24(35(25)32-26)19-6-8-22(36)9-7-19)20-13-30-34(15-20)21-10-11-33(16-21)27(37)39-28(2,3)4/h11-13,16,18-21,23,37H,7-10,14-15,17H2,1-6H3,(H,32,33);13-16,19-20,22,37H,7-12,17-18H2,1-6H3,(H,32,33);12-15,18-19,21-22,36H,6-11,16-17H2,1-5H3,(H,31,32)/t18-,19+,20+,21?,23?;19-,20?,22?;18-,19?,21-,22?/m000/s1. The third-order valence-corrected chi connectivity index (χ3v) is 23.9. The minimum absolute atomic E-state index is 0.000535. The van der Waals surface area contributed by atoms with Crippen molar-refractivity contribution < 1.29 is 58.1 Å². The number of hydrogen-bond acceptors (Lipinski definition) is 24. The van der Waals surface area contributed by atoms with Gasteiger partial charge in [-0.25, -0.2) is 33.3 Å². The number of hydrogen-bond donors (Lipinski definition) is 6. The lowest BCUT2D eigenvalue weighted by Gasteiger charge is -2.41. The maximum Gasteiger partial charge on any atom is 0.410 e. The summed E-state index contributed by atoms with van der Waals surface area (Å²) in [6.07, 6.45) is 27.0. The van der Waals surface area contributed by atoms with E-state index in [4.69, 9.17) is 43.7 Å². The second-order valence-electron chi connectivity index (χ2n) is 36.4. The van der Waals surface area contributed by atoms with Gasteiger partial charge in [-0.2, -0.15) is 15.3 Å². The highest BCUT2D eigenvalue weighted by atomic mass is 16.6. The van der Waals surface area contributed by atoms with Crippen LogP contribution in [-0.2, 0) is 49.1 Å². The highest BCUT2D eigenvalue weighted by Crippen LogP contribution is 2.43.